The number of aryl methyl sites for hydroxylation is 3. The van der Waals surface area contributed by atoms with Crippen LogP contribution in [-0.4, -0.2) is 4.98 Å². The van der Waals surface area contributed by atoms with Gasteiger partial charge in [0.05, 0.1) is 11.7 Å². The van der Waals surface area contributed by atoms with Crippen molar-refractivity contribution in [2.45, 2.75) is 33.2 Å². The maximum atomic E-state index is 6.26. The molecule has 0 radical (unpaired) electrons. The second-order valence-electron chi connectivity index (χ2n) is 4.39. The van der Waals surface area contributed by atoms with Gasteiger partial charge in [-0.25, -0.2) is 4.98 Å². The minimum atomic E-state index is -0.188. The SMILES string of the molecule is CCc1nc(C(N)c2ccc(C)c(Cl)c2)sc1C. The van der Waals surface area contributed by atoms with E-state index in [2.05, 4.69) is 18.8 Å². The van der Waals surface area contributed by atoms with Crippen molar-refractivity contribution in [3.8, 4) is 0 Å². The van der Waals surface area contributed by atoms with Gasteiger partial charge >= 0.3 is 0 Å². The molecule has 0 bridgehead atoms. The Hall–Kier alpha value is -0.900. The molecule has 96 valence electrons. The van der Waals surface area contributed by atoms with Crippen molar-refractivity contribution >= 4 is 22.9 Å². The fourth-order valence-corrected chi connectivity index (χ4v) is 3.09. The van der Waals surface area contributed by atoms with Gasteiger partial charge in [0.15, 0.2) is 0 Å². The van der Waals surface area contributed by atoms with Crippen LogP contribution in [0.25, 0.3) is 0 Å². The maximum absolute atomic E-state index is 6.26. The molecule has 0 amide bonds. The summed E-state index contributed by atoms with van der Waals surface area (Å²) in [4.78, 5) is 5.86. The minimum absolute atomic E-state index is 0.188. The Labute approximate surface area is 117 Å². The molecule has 0 aliphatic rings. The number of nitrogens with two attached hydrogens (primary N) is 1. The zero-order chi connectivity index (χ0) is 13.3. The van der Waals surface area contributed by atoms with E-state index < -0.39 is 0 Å². The lowest BCUT2D eigenvalue weighted by atomic mass is 10.1. The molecule has 1 aromatic heterocycles. The van der Waals surface area contributed by atoms with Crippen LogP contribution in [-0.2, 0) is 6.42 Å². The first-order valence-electron chi connectivity index (χ1n) is 6.00. The van der Waals surface area contributed by atoms with Crippen molar-refractivity contribution < 1.29 is 0 Å². The number of rotatable bonds is 3. The normalized spacial score (nSPS) is 12.7. The highest BCUT2D eigenvalue weighted by Crippen LogP contribution is 2.28. The minimum Gasteiger partial charge on any atom is -0.318 e. The molecule has 0 spiro atoms. The van der Waals surface area contributed by atoms with Crippen LogP contribution < -0.4 is 5.73 Å². The molecule has 2 nitrogen and oxygen atoms in total. The molecule has 0 aliphatic carbocycles. The zero-order valence-electron chi connectivity index (χ0n) is 10.8. The topological polar surface area (TPSA) is 38.9 Å². The van der Waals surface area contributed by atoms with Gasteiger partial charge in [0.1, 0.15) is 5.01 Å². The molecule has 2 aromatic rings. The number of nitrogens with zero attached hydrogens (tertiary/aromatic N) is 1. The van der Waals surface area contributed by atoms with Crippen LogP contribution in [0.1, 0.15) is 39.7 Å². The van der Waals surface area contributed by atoms with Crippen molar-refractivity contribution in [2.75, 3.05) is 0 Å². The summed E-state index contributed by atoms with van der Waals surface area (Å²) in [7, 11) is 0. The third-order valence-corrected chi connectivity index (χ3v) is 4.57. The third kappa shape index (κ3) is 2.58. The number of halogens is 1. The first-order chi connectivity index (χ1) is 8.52. The van der Waals surface area contributed by atoms with Crippen LogP contribution in [0, 0.1) is 13.8 Å². The molecule has 2 N–H and O–H groups in total. The molecule has 0 saturated carbocycles. The summed E-state index contributed by atoms with van der Waals surface area (Å²) in [5.74, 6) is 0. The van der Waals surface area contributed by atoms with E-state index in [9.17, 15) is 0 Å². The van der Waals surface area contributed by atoms with E-state index in [0.717, 1.165) is 33.3 Å². The standard InChI is InChI=1S/C14H17ClN2S/c1-4-12-9(3)18-14(17-12)13(16)10-6-5-8(2)11(15)7-10/h5-7,13H,4,16H2,1-3H3. The van der Waals surface area contributed by atoms with Crippen LogP contribution in [0.5, 0.6) is 0 Å². The van der Waals surface area contributed by atoms with Crippen molar-refractivity contribution in [3.05, 3.63) is 49.9 Å². The van der Waals surface area contributed by atoms with Crippen LogP contribution >= 0.6 is 22.9 Å². The van der Waals surface area contributed by atoms with Gasteiger partial charge in [-0.1, -0.05) is 30.7 Å². The van der Waals surface area contributed by atoms with Gasteiger partial charge in [0.25, 0.3) is 0 Å². The third-order valence-electron chi connectivity index (χ3n) is 3.07. The predicted octanol–water partition coefficient (Wildman–Crippen LogP) is 4.02. The zero-order valence-corrected chi connectivity index (χ0v) is 12.4. The van der Waals surface area contributed by atoms with Gasteiger partial charge in [-0.3, -0.25) is 0 Å². The van der Waals surface area contributed by atoms with E-state index in [1.165, 1.54) is 4.88 Å². The molecular formula is C14H17ClN2S. The molecule has 4 heteroatoms. The maximum Gasteiger partial charge on any atom is 0.114 e. The Morgan fingerprint density at radius 2 is 2.11 bits per heavy atom. The first kappa shape index (κ1) is 13.5. The number of benzene rings is 1. The molecule has 1 heterocycles. The number of aromatic nitrogens is 1. The highest BCUT2D eigenvalue weighted by molar-refractivity contribution is 7.11. The summed E-state index contributed by atoms with van der Waals surface area (Å²) in [6.45, 7) is 6.19. The van der Waals surface area contributed by atoms with E-state index in [1.807, 2.05) is 25.1 Å². The lowest BCUT2D eigenvalue weighted by molar-refractivity contribution is 0.844. The quantitative estimate of drug-likeness (QED) is 0.922. The Balaban J connectivity index is 2.34. The number of hydrogen-bond acceptors (Lipinski definition) is 3. The smallest absolute Gasteiger partial charge is 0.114 e. The van der Waals surface area contributed by atoms with Crippen LogP contribution in [0.4, 0.5) is 0 Å². The van der Waals surface area contributed by atoms with Gasteiger partial charge in [0, 0.05) is 9.90 Å². The van der Waals surface area contributed by atoms with E-state index in [4.69, 9.17) is 17.3 Å². The van der Waals surface area contributed by atoms with Gasteiger partial charge < -0.3 is 5.73 Å². The van der Waals surface area contributed by atoms with Gasteiger partial charge in [0.2, 0.25) is 0 Å². The summed E-state index contributed by atoms with van der Waals surface area (Å²) >= 11 is 7.81. The lowest BCUT2D eigenvalue weighted by Crippen LogP contribution is -2.11. The molecule has 18 heavy (non-hydrogen) atoms. The highest BCUT2D eigenvalue weighted by Gasteiger charge is 2.15. The largest absolute Gasteiger partial charge is 0.318 e. The second kappa shape index (κ2) is 5.39. The van der Waals surface area contributed by atoms with E-state index in [1.54, 1.807) is 11.3 Å². The first-order valence-corrected chi connectivity index (χ1v) is 7.20. The van der Waals surface area contributed by atoms with E-state index in [-0.39, 0.29) is 6.04 Å². The van der Waals surface area contributed by atoms with Crippen molar-refractivity contribution in [2.24, 2.45) is 5.73 Å². The lowest BCUT2D eigenvalue weighted by Gasteiger charge is -2.10. The summed E-state index contributed by atoms with van der Waals surface area (Å²) < 4.78 is 0. The van der Waals surface area contributed by atoms with Gasteiger partial charge in [-0.15, -0.1) is 11.3 Å². The molecule has 1 atom stereocenters. The monoisotopic (exact) mass is 280 g/mol. The fourth-order valence-electron chi connectivity index (χ4n) is 1.86. The Morgan fingerprint density at radius 3 is 2.67 bits per heavy atom. The molecular weight excluding hydrogens is 264 g/mol. The van der Waals surface area contributed by atoms with Crippen molar-refractivity contribution in [1.29, 1.82) is 0 Å². The molecule has 2 rings (SSSR count). The molecule has 0 aliphatic heterocycles. The molecule has 0 fully saturated rings. The molecule has 1 aromatic carbocycles. The summed E-state index contributed by atoms with van der Waals surface area (Å²) in [6.07, 6.45) is 0.948. The molecule has 0 saturated heterocycles. The predicted molar refractivity (Wildman–Crippen MR) is 78.4 cm³/mol. The summed E-state index contributed by atoms with van der Waals surface area (Å²) in [5.41, 5.74) is 9.49. The van der Waals surface area contributed by atoms with Crippen LogP contribution in [0.3, 0.4) is 0 Å². The average Bonchev–Trinajstić information content (AvgIpc) is 2.73. The Kier molecular flexibility index (Phi) is 4.05. The van der Waals surface area contributed by atoms with Crippen molar-refractivity contribution in [1.82, 2.24) is 4.98 Å². The van der Waals surface area contributed by atoms with Gasteiger partial charge in [-0.05, 0) is 37.5 Å². The Morgan fingerprint density at radius 1 is 1.39 bits per heavy atom. The van der Waals surface area contributed by atoms with E-state index in [0.29, 0.717) is 0 Å². The van der Waals surface area contributed by atoms with E-state index >= 15 is 0 Å². The number of hydrogen-bond donors (Lipinski definition) is 1. The summed E-state index contributed by atoms with van der Waals surface area (Å²) in [5, 5.41) is 1.72. The Bertz CT molecular complexity index is 563. The number of thiazole rings is 1. The highest BCUT2D eigenvalue weighted by atomic mass is 35.5. The van der Waals surface area contributed by atoms with Crippen LogP contribution in [0.2, 0.25) is 5.02 Å². The second-order valence-corrected chi connectivity index (χ2v) is 6.04. The average molecular weight is 281 g/mol. The van der Waals surface area contributed by atoms with Gasteiger partial charge in [-0.2, -0.15) is 0 Å². The van der Waals surface area contributed by atoms with Crippen molar-refractivity contribution in [3.63, 3.8) is 0 Å². The van der Waals surface area contributed by atoms with Crippen LogP contribution in [0.15, 0.2) is 18.2 Å². The molecule has 1 unspecified atom stereocenters. The summed E-state index contributed by atoms with van der Waals surface area (Å²) in [6, 6.07) is 5.77. The fraction of sp³-hybridized carbons (Fsp3) is 0.357.